The van der Waals surface area contributed by atoms with Crippen molar-refractivity contribution in [2.45, 2.75) is 26.4 Å². The SMILES string of the molecule is CC(C)C(C(=O)OCc1cccc(Oc2ccccc2)c1)c1csc2ccc(Cl)cc12. The minimum Gasteiger partial charge on any atom is -0.460 e. The van der Waals surface area contributed by atoms with Crippen LogP contribution in [0.2, 0.25) is 5.02 Å². The topological polar surface area (TPSA) is 35.5 Å². The van der Waals surface area contributed by atoms with E-state index in [1.807, 2.05) is 92.0 Å². The Hall–Kier alpha value is -2.82. The number of carbonyl (C=O) groups excluding carboxylic acids is 1. The maximum atomic E-state index is 13.1. The third-order valence-electron chi connectivity index (χ3n) is 5.08. The predicted octanol–water partition coefficient (Wildman–Crippen LogP) is 7.83. The standard InChI is InChI=1S/C26H23ClO3S/c1-17(2)25(23-16-31-24-12-11-19(27)14-22(23)24)26(28)29-15-18-7-6-10-21(13-18)30-20-8-4-3-5-9-20/h3-14,16-17,25H,15H2,1-2H3. The lowest BCUT2D eigenvalue weighted by molar-refractivity contribution is -0.147. The summed E-state index contributed by atoms with van der Waals surface area (Å²) in [5.74, 6) is 0.982. The summed E-state index contributed by atoms with van der Waals surface area (Å²) in [6.07, 6.45) is 0. The van der Waals surface area contributed by atoms with Gasteiger partial charge in [-0.05, 0) is 70.3 Å². The third kappa shape index (κ3) is 5.09. The van der Waals surface area contributed by atoms with E-state index in [2.05, 4.69) is 0 Å². The van der Waals surface area contributed by atoms with Crippen LogP contribution in [0.15, 0.2) is 78.2 Å². The number of carbonyl (C=O) groups is 1. The molecule has 1 atom stereocenters. The van der Waals surface area contributed by atoms with Crippen molar-refractivity contribution in [2.75, 3.05) is 0 Å². The molecule has 1 unspecified atom stereocenters. The summed E-state index contributed by atoms with van der Waals surface area (Å²) in [7, 11) is 0. The molecule has 0 N–H and O–H groups in total. The van der Waals surface area contributed by atoms with Gasteiger partial charge in [0.25, 0.3) is 0 Å². The molecule has 0 aliphatic rings. The van der Waals surface area contributed by atoms with Crippen LogP contribution in [0.4, 0.5) is 0 Å². The van der Waals surface area contributed by atoms with Crippen LogP contribution in [-0.4, -0.2) is 5.97 Å². The first-order valence-electron chi connectivity index (χ1n) is 10.2. The average Bonchev–Trinajstić information content (AvgIpc) is 3.16. The molecule has 158 valence electrons. The molecule has 3 aromatic carbocycles. The van der Waals surface area contributed by atoms with Crippen LogP contribution in [0.5, 0.6) is 11.5 Å². The molecule has 1 aromatic heterocycles. The minimum absolute atomic E-state index is 0.0945. The van der Waals surface area contributed by atoms with Crippen LogP contribution in [0.3, 0.4) is 0 Å². The highest BCUT2D eigenvalue weighted by atomic mass is 35.5. The van der Waals surface area contributed by atoms with Crippen molar-refractivity contribution in [3.63, 3.8) is 0 Å². The zero-order valence-corrected chi connectivity index (χ0v) is 19.0. The second kappa shape index (κ2) is 9.54. The van der Waals surface area contributed by atoms with Crippen molar-refractivity contribution in [2.24, 2.45) is 5.92 Å². The third-order valence-corrected chi connectivity index (χ3v) is 6.30. The van der Waals surface area contributed by atoms with Gasteiger partial charge in [-0.15, -0.1) is 11.3 Å². The maximum Gasteiger partial charge on any atom is 0.314 e. The van der Waals surface area contributed by atoms with E-state index >= 15 is 0 Å². The number of rotatable bonds is 7. The van der Waals surface area contributed by atoms with Crippen molar-refractivity contribution in [1.29, 1.82) is 0 Å². The summed E-state index contributed by atoms with van der Waals surface area (Å²) >= 11 is 7.82. The number of benzene rings is 3. The number of esters is 1. The Morgan fingerprint density at radius 1 is 0.968 bits per heavy atom. The Bertz CT molecular complexity index is 1180. The zero-order chi connectivity index (χ0) is 21.8. The molecule has 0 amide bonds. The number of hydrogen-bond acceptors (Lipinski definition) is 4. The van der Waals surface area contributed by atoms with Gasteiger partial charge in [0.1, 0.15) is 18.1 Å². The van der Waals surface area contributed by atoms with Gasteiger partial charge in [-0.25, -0.2) is 0 Å². The van der Waals surface area contributed by atoms with Crippen molar-refractivity contribution in [3.8, 4) is 11.5 Å². The average molecular weight is 451 g/mol. The number of fused-ring (bicyclic) bond motifs is 1. The fourth-order valence-corrected chi connectivity index (χ4v) is 4.74. The molecule has 0 spiro atoms. The van der Waals surface area contributed by atoms with Gasteiger partial charge in [-0.3, -0.25) is 4.79 Å². The highest BCUT2D eigenvalue weighted by Crippen LogP contribution is 2.37. The van der Waals surface area contributed by atoms with Crippen LogP contribution >= 0.6 is 22.9 Å². The highest BCUT2D eigenvalue weighted by molar-refractivity contribution is 7.17. The summed E-state index contributed by atoms with van der Waals surface area (Å²) in [6, 6.07) is 23.0. The van der Waals surface area contributed by atoms with E-state index in [1.54, 1.807) is 11.3 Å². The summed E-state index contributed by atoms with van der Waals surface area (Å²) in [4.78, 5) is 13.1. The molecule has 0 saturated carbocycles. The van der Waals surface area contributed by atoms with E-state index in [9.17, 15) is 4.79 Å². The second-order valence-electron chi connectivity index (χ2n) is 7.72. The zero-order valence-electron chi connectivity index (χ0n) is 17.4. The lowest BCUT2D eigenvalue weighted by Gasteiger charge is -2.19. The van der Waals surface area contributed by atoms with E-state index in [0.717, 1.165) is 27.0 Å². The molecule has 4 rings (SSSR count). The normalized spacial score (nSPS) is 12.1. The van der Waals surface area contributed by atoms with Crippen LogP contribution in [0.25, 0.3) is 10.1 Å². The van der Waals surface area contributed by atoms with Gasteiger partial charge in [-0.2, -0.15) is 0 Å². The summed E-state index contributed by atoms with van der Waals surface area (Å²) in [6.45, 7) is 4.26. The molecule has 0 aliphatic carbocycles. The molecule has 3 nitrogen and oxygen atoms in total. The summed E-state index contributed by atoms with van der Waals surface area (Å²) < 4.78 is 12.7. The fourth-order valence-electron chi connectivity index (χ4n) is 3.59. The Labute approximate surface area is 191 Å². The Morgan fingerprint density at radius 2 is 1.74 bits per heavy atom. The molecular formula is C26H23ClO3S. The van der Waals surface area contributed by atoms with Crippen LogP contribution < -0.4 is 4.74 Å². The molecule has 5 heteroatoms. The lowest BCUT2D eigenvalue weighted by Crippen LogP contribution is -2.20. The summed E-state index contributed by atoms with van der Waals surface area (Å²) in [5, 5.41) is 3.73. The number of thiophene rings is 1. The van der Waals surface area contributed by atoms with Crippen molar-refractivity contribution >= 4 is 39.0 Å². The van der Waals surface area contributed by atoms with E-state index in [0.29, 0.717) is 10.8 Å². The fraction of sp³-hybridized carbons (Fsp3) is 0.192. The quantitative estimate of drug-likeness (QED) is 0.269. The van der Waals surface area contributed by atoms with Crippen molar-refractivity contribution in [3.05, 3.63) is 94.3 Å². The number of halogens is 1. The van der Waals surface area contributed by atoms with Gasteiger partial charge in [0.05, 0.1) is 5.92 Å². The maximum absolute atomic E-state index is 13.1. The van der Waals surface area contributed by atoms with Crippen LogP contribution in [0, 0.1) is 5.92 Å². The molecule has 0 radical (unpaired) electrons. The number of ether oxygens (including phenoxy) is 2. The van der Waals surface area contributed by atoms with Crippen molar-refractivity contribution < 1.29 is 14.3 Å². The van der Waals surface area contributed by atoms with E-state index in [4.69, 9.17) is 21.1 Å². The van der Waals surface area contributed by atoms with Crippen molar-refractivity contribution in [1.82, 2.24) is 0 Å². The minimum atomic E-state index is -0.351. The van der Waals surface area contributed by atoms with Crippen LogP contribution in [-0.2, 0) is 16.1 Å². The Balaban J connectivity index is 1.49. The van der Waals surface area contributed by atoms with Gasteiger partial charge in [-0.1, -0.05) is 55.8 Å². The first kappa shape index (κ1) is 21.4. The number of para-hydroxylation sites is 1. The van der Waals surface area contributed by atoms with Gasteiger partial charge in [0.2, 0.25) is 0 Å². The smallest absolute Gasteiger partial charge is 0.314 e. The van der Waals surface area contributed by atoms with Gasteiger partial charge < -0.3 is 9.47 Å². The van der Waals surface area contributed by atoms with Gasteiger partial charge >= 0.3 is 5.97 Å². The molecule has 0 saturated heterocycles. The van der Waals surface area contributed by atoms with E-state index < -0.39 is 0 Å². The largest absolute Gasteiger partial charge is 0.460 e. The van der Waals surface area contributed by atoms with E-state index in [1.165, 1.54) is 0 Å². The van der Waals surface area contributed by atoms with Crippen LogP contribution in [0.1, 0.15) is 30.9 Å². The Kier molecular flexibility index (Phi) is 6.59. The molecule has 4 aromatic rings. The molecule has 0 fully saturated rings. The molecule has 1 heterocycles. The first-order valence-corrected chi connectivity index (χ1v) is 11.4. The number of hydrogen-bond donors (Lipinski definition) is 0. The van der Waals surface area contributed by atoms with Gasteiger partial charge in [0, 0.05) is 9.72 Å². The summed E-state index contributed by atoms with van der Waals surface area (Å²) in [5.41, 5.74) is 1.85. The molecule has 31 heavy (non-hydrogen) atoms. The molecule has 0 aliphatic heterocycles. The monoisotopic (exact) mass is 450 g/mol. The Morgan fingerprint density at radius 3 is 2.52 bits per heavy atom. The van der Waals surface area contributed by atoms with E-state index in [-0.39, 0.29) is 24.4 Å². The molecular weight excluding hydrogens is 428 g/mol. The first-order chi connectivity index (χ1) is 15.0. The highest BCUT2D eigenvalue weighted by Gasteiger charge is 2.28. The second-order valence-corrected chi connectivity index (χ2v) is 9.07. The lowest BCUT2D eigenvalue weighted by atomic mass is 9.88. The molecule has 0 bridgehead atoms. The predicted molar refractivity (Wildman–Crippen MR) is 127 cm³/mol. The van der Waals surface area contributed by atoms with Gasteiger partial charge in [0.15, 0.2) is 0 Å².